The minimum absolute atomic E-state index is 0.509. The van der Waals surface area contributed by atoms with Crippen molar-refractivity contribution in [1.82, 2.24) is 15.5 Å². The van der Waals surface area contributed by atoms with Gasteiger partial charge in [-0.1, -0.05) is 17.7 Å². The zero-order valence-electron chi connectivity index (χ0n) is 16.4. The summed E-state index contributed by atoms with van der Waals surface area (Å²) in [5.74, 6) is 1.85. The maximum absolute atomic E-state index is 5.46. The van der Waals surface area contributed by atoms with E-state index in [1.165, 1.54) is 24.0 Å². The molecule has 1 aromatic rings. The van der Waals surface area contributed by atoms with E-state index in [0.717, 1.165) is 37.8 Å². The van der Waals surface area contributed by atoms with Crippen LogP contribution in [-0.2, 0) is 6.42 Å². The lowest BCUT2D eigenvalue weighted by Gasteiger charge is -2.35. The van der Waals surface area contributed by atoms with Crippen LogP contribution in [0.4, 0.5) is 0 Å². The third-order valence-electron chi connectivity index (χ3n) is 4.95. The molecular weight excluding hydrogens is 312 g/mol. The van der Waals surface area contributed by atoms with E-state index in [9.17, 15) is 0 Å². The number of aryl methyl sites for hydroxylation is 1. The number of methoxy groups -OCH3 is 1. The molecule has 1 aliphatic heterocycles. The van der Waals surface area contributed by atoms with Gasteiger partial charge in [-0.15, -0.1) is 0 Å². The summed E-state index contributed by atoms with van der Waals surface area (Å²) in [6, 6.07) is 7.47. The van der Waals surface area contributed by atoms with Crippen LogP contribution in [0.25, 0.3) is 0 Å². The molecule has 1 fully saturated rings. The molecule has 140 valence electrons. The summed E-state index contributed by atoms with van der Waals surface area (Å²) in [6.45, 7) is 9.81. The van der Waals surface area contributed by atoms with Gasteiger partial charge in [-0.2, -0.15) is 0 Å². The van der Waals surface area contributed by atoms with Crippen LogP contribution in [0, 0.1) is 6.92 Å². The van der Waals surface area contributed by atoms with Gasteiger partial charge in [-0.3, -0.25) is 4.99 Å². The van der Waals surface area contributed by atoms with Gasteiger partial charge in [0.2, 0.25) is 0 Å². The maximum atomic E-state index is 5.46. The quantitative estimate of drug-likeness (QED) is 0.614. The molecule has 0 aromatic heterocycles. The lowest BCUT2D eigenvalue weighted by Crippen LogP contribution is -2.50. The van der Waals surface area contributed by atoms with E-state index in [1.807, 2.05) is 13.1 Å². The number of ether oxygens (including phenoxy) is 1. The first-order valence-corrected chi connectivity index (χ1v) is 9.38. The minimum Gasteiger partial charge on any atom is -0.496 e. The van der Waals surface area contributed by atoms with E-state index in [-0.39, 0.29) is 0 Å². The molecule has 0 radical (unpaired) electrons. The van der Waals surface area contributed by atoms with Crippen molar-refractivity contribution in [2.24, 2.45) is 4.99 Å². The topological polar surface area (TPSA) is 48.9 Å². The van der Waals surface area contributed by atoms with Crippen LogP contribution in [0.5, 0.6) is 5.75 Å². The summed E-state index contributed by atoms with van der Waals surface area (Å²) in [4.78, 5) is 6.92. The Hall–Kier alpha value is -1.75. The molecule has 5 heteroatoms. The largest absolute Gasteiger partial charge is 0.496 e. The number of nitrogens with one attached hydrogen (secondary N) is 2. The number of hydrogen-bond acceptors (Lipinski definition) is 3. The Kier molecular flexibility index (Phi) is 7.56. The second kappa shape index (κ2) is 9.66. The van der Waals surface area contributed by atoms with Crippen molar-refractivity contribution in [2.75, 3.05) is 33.8 Å². The fourth-order valence-electron chi connectivity index (χ4n) is 3.37. The van der Waals surface area contributed by atoms with Crippen molar-refractivity contribution in [2.45, 2.75) is 52.1 Å². The first-order chi connectivity index (χ1) is 12.0. The van der Waals surface area contributed by atoms with Gasteiger partial charge in [0.15, 0.2) is 5.96 Å². The summed E-state index contributed by atoms with van der Waals surface area (Å²) in [6.07, 6.45) is 3.26. The van der Waals surface area contributed by atoms with Gasteiger partial charge in [0.05, 0.1) is 7.11 Å². The van der Waals surface area contributed by atoms with Crippen molar-refractivity contribution in [3.63, 3.8) is 0 Å². The molecular formula is C20H34N4O. The minimum atomic E-state index is 0.509. The van der Waals surface area contributed by atoms with E-state index in [4.69, 9.17) is 4.74 Å². The molecule has 0 spiro atoms. The molecule has 1 saturated heterocycles. The predicted octanol–water partition coefficient (Wildman–Crippen LogP) is 2.58. The molecule has 25 heavy (non-hydrogen) atoms. The number of rotatable bonds is 6. The standard InChI is InChI=1S/C20H34N4O/c1-15(2)24-12-9-18(10-13-24)23-20(21-4)22-11-8-17-14-16(3)6-7-19(17)25-5/h6-7,14-15,18H,8-13H2,1-5H3,(H2,21,22,23). The van der Waals surface area contributed by atoms with Crippen LogP contribution in [-0.4, -0.2) is 56.7 Å². The van der Waals surface area contributed by atoms with Crippen molar-refractivity contribution in [3.05, 3.63) is 29.3 Å². The Labute approximate surface area is 152 Å². The normalized spacial score (nSPS) is 17.0. The smallest absolute Gasteiger partial charge is 0.191 e. The third-order valence-corrected chi connectivity index (χ3v) is 4.95. The van der Waals surface area contributed by atoms with Gasteiger partial charge in [0, 0.05) is 38.8 Å². The Morgan fingerprint density at radius 2 is 2.04 bits per heavy atom. The summed E-state index contributed by atoms with van der Waals surface area (Å²) in [7, 11) is 3.57. The van der Waals surface area contributed by atoms with Gasteiger partial charge in [-0.25, -0.2) is 0 Å². The SMILES string of the molecule is CN=C(NCCc1cc(C)ccc1OC)NC1CCN(C(C)C)CC1. The summed E-state index contributed by atoms with van der Waals surface area (Å²) in [5.41, 5.74) is 2.49. The first kappa shape index (κ1) is 19.6. The average Bonchev–Trinajstić information content (AvgIpc) is 2.61. The van der Waals surface area contributed by atoms with Gasteiger partial charge in [0.1, 0.15) is 5.75 Å². The summed E-state index contributed by atoms with van der Waals surface area (Å²) in [5, 5.41) is 7.01. The van der Waals surface area contributed by atoms with Crippen molar-refractivity contribution < 1.29 is 4.74 Å². The highest BCUT2D eigenvalue weighted by atomic mass is 16.5. The highest BCUT2D eigenvalue weighted by Gasteiger charge is 2.21. The Balaban J connectivity index is 1.79. The molecule has 0 atom stereocenters. The van der Waals surface area contributed by atoms with E-state index in [2.05, 4.69) is 53.4 Å². The Morgan fingerprint density at radius 3 is 2.64 bits per heavy atom. The molecule has 1 aromatic carbocycles. The number of benzene rings is 1. The fourth-order valence-corrected chi connectivity index (χ4v) is 3.37. The van der Waals surface area contributed by atoms with Crippen LogP contribution in [0.1, 0.15) is 37.8 Å². The van der Waals surface area contributed by atoms with Crippen molar-refractivity contribution in [1.29, 1.82) is 0 Å². The average molecular weight is 347 g/mol. The molecule has 0 unspecified atom stereocenters. The lowest BCUT2D eigenvalue weighted by atomic mass is 10.0. The van der Waals surface area contributed by atoms with Gasteiger partial charge >= 0.3 is 0 Å². The van der Waals surface area contributed by atoms with Crippen LogP contribution < -0.4 is 15.4 Å². The van der Waals surface area contributed by atoms with Crippen molar-refractivity contribution >= 4 is 5.96 Å². The van der Waals surface area contributed by atoms with E-state index < -0.39 is 0 Å². The molecule has 5 nitrogen and oxygen atoms in total. The van der Waals surface area contributed by atoms with Crippen LogP contribution in [0.3, 0.4) is 0 Å². The highest BCUT2D eigenvalue weighted by Crippen LogP contribution is 2.19. The van der Waals surface area contributed by atoms with Gasteiger partial charge in [-0.05, 0) is 51.7 Å². The number of hydrogen-bond donors (Lipinski definition) is 2. The second-order valence-corrected chi connectivity index (χ2v) is 7.11. The van der Waals surface area contributed by atoms with Crippen LogP contribution in [0.2, 0.25) is 0 Å². The summed E-state index contributed by atoms with van der Waals surface area (Å²) < 4.78 is 5.46. The second-order valence-electron chi connectivity index (χ2n) is 7.11. The number of piperidine rings is 1. The molecule has 0 aliphatic carbocycles. The molecule has 0 saturated carbocycles. The van der Waals surface area contributed by atoms with Gasteiger partial charge in [0.25, 0.3) is 0 Å². The maximum Gasteiger partial charge on any atom is 0.191 e. The zero-order valence-corrected chi connectivity index (χ0v) is 16.4. The summed E-state index contributed by atoms with van der Waals surface area (Å²) >= 11 is 0. The van der Waals surface area contributed by atoms with Gasteiger partial charge < -0.3 is 20.3 Å². The number of guanidine groups is 1. The van der Waals surface area contributed by atoms with E-state index in [0.29, 0.717) is 12.1 Å². The molecule has 0 bridgehead atoms. The Bertz CT molecular complexity index is 563. The van der Waals surface area contributed by atoms with E-state index >= 15 is 0 Å². The number of aliphatic imine (C=N–C) groups is 1. The molecule has 0 amide bonds. The molecule has 1 aliphatic rings. The lowest BCUT2D eigenvalue weighted by molar-refractivity contribution is 0.167. The van der Waals surface area contributed by atoms with Crippen molar-refractivity contribution in [3.8, 4) is 5.75 Å². The molecule has 2 N–H and O–H groups in total. The predicted molar refractivity (Wildman–Crippen MR) is 106 cm³/mol. The Morgan fingerprint density at radius 1 is 1.32 bits per heavy atom. The van der Waals surface area contributed by atoms with E-state index in [1.54, 1.807) is 7.11 Å². The number of nitrogens with zero attached hydrogens (tertiary/aromatic N) is 2. The monoisotopic (exact) mass is 346 g/mol. The number of likely N-dealkylation sites (tertiary alicyclic amines) is 1. The fraction of sp³-hybridized carbons (Fsp3) is 0.650. The first-order valence-electron chi connectivity index (χ1n) is 9.38. The molecule has 1 heterocycles. The van der Waals surface area contributed by atoms with Crippen LogP contribution >= 0.6 is 0 Å². The molecule has 2 rings (SSSR count). The highest BCUT2D eigenvalue weighted by molar-refractivity contribution is 5.80. The zero-order chi connectivity index (χ0) is 18.2. The third kappa shape index (κ3) is 5.92. The van der Waals surface area contributed by atoms with Crippen LogP contribution in [0.15, 0.2) is 23.2 Å².